The molecule has 0 saturated carbocycles. The first-order chi connectivity index (χ1) is 12.5. The Balaban J connectivity index is 0.00000364. The minimum absolute atomic E-state index is 0. The first kappa shape index (κ1) is 24.6. The molecule has 2 heterocycles. The van der Waals surface area contributed by atoms with Crippen molar-refractivity contribution in [2.24, 2.45) is 4.99 Å². The van der Waals surface area contributed by atoms with Crippen molar-refractivity contribution in [3.05, 3.63) is 16.1 Å². The summed E-state index contributed by atoms with van der Waals surface area (Å²) >= 11 is 1.70. The van der Waals surface area contributed by atoms with Gasteiger partial charge in [-0.25, -0.2) is 22.7 Å². The van der Waals surface area contributed by atoms with Crippen LogP contribution >= 0.6 is 35.3 Å². The number of thiazole rings is 1. The van der Waals surface area contributed by atoms with Gasteiger partial charge in [0, 0.05) is 36.8 Å². The Morgan fingerprint density at radius 3 is 2.59 bits per heavy atom. The lowest BCUT2D eigenvalue weighted by molar-refractivity contribution is 0.306. The molecule has 2 N–H and O–H groups in total. The molecule has 10 heteroatoms. The molecule has 0 aliphatic carbocycles. The third-order valence-corrected chi connectivity index (χ3v) is 7.52. The third kappa shape index (κ3) is 7.82. The van der Waals surface area contributed by atoms with Crippen molar-refractivity contribution in [3.8, 4) is 0 Å². The van der Waals surface area contributed by atoms with Crippen molar-refractivity contribution >= 4 is 51.3 Å². The highest BCUT2D eigenvalue weighted by Crippen LogP contribution is 2.16. The molecule has 0 aromatic carbocycles. The van der Waals surface area contributed by atoms with Gasteiger partial charge in [-0.05, 0) is 32.6 Å². The van der Waals surface area contributed by atoms with Crippen LogP contribution in [0.25, 0.3) is 0 Å². The second-order valence-corrected chi connectivity index (χ2v) is 9.69. The number of nitrogens with zero attached hydrogens (tertiary/aromatic N) is 3. The first-order valence-corrected chi connectivity index (χ1v) is 11.9. The number of sulfonamides is 1. The quantitative estimate of drug-likeness (QED) is 0.307. The second kappa shape index (κ2) is 12.2. The normalized spacial score (nSPS) is 16.8. The number of hydrogen-bond donors (Lipinski definition) is 2. The van der Waals surface area contributed by atoms with Gasteiger partial charge in [0.05, 0.1) is 12.3 Å². The van der Waals surface area contributed by atoms with E-state index in [0.29, 0.717) is 26.1 Å². The van der Waals surface area contributed by atoms with E-state index in [4.69, 9.17) is 0 Å². The smallest absolute Gasteiger partial charge is 0.214 e. The van der Waals surface area contributed by atoms with Crippen molar-refractivity contribution in [2.75, 3.05) is 25.4 Å². The van der Waals surface area contributed by atoms with Crippen LogP contribution in [0, 0.1) is 0 Å². The summed E-state index contributed by atoms with van der Waals surface area (Å²) in [7, 11) is -3.09. The van der Waals surface area contributed by atoms with Crippen LogP contribution in [0.1, 0.15) is 49.9 Å². The van der Waals surface area contributed by atoms with Gasteiger partial charge in [-0.3, -0.25) is 0 Å². The van der Waals surface area contributed by atoms with Crippen molar-refractivity contribution < 1.29 is 8.42 Å². The monoisotopic (exact) mass is 529 g/mol. The van der Waals surface area contributed by atoms with Gasteiger partial charge in [0.2, 0.25) is 10.0 Å². The minimum Gasteiger partial charge on any atom is -0.357 e. The maximum Gasteiger partial charge on any atom is 0.214 e. The minimum atomic E-state index is -3.09. The molecule has 0 unspecified atom stereocenters. The van der Waals surface area contributed by atoms with E-state index in [1.54, 1.807) is 15.6 Å². The van der Waals surface area contributed by atoms with E-state index in [1.165, 1.54) is 4.88 Å². The predicted molar refractivity (Wildman–Crippen MR) is 124 cm³/mol. The van der Waals surface area contributed by atoms with Crippen LogP contribution in [0.3, 0.4) is 0 Å². The van der Waals surface area contributed by atoms with Crippen LogP contribution in [-0.2, 0) is 23.0 Å². The van der Waals surface area contributed by atoms with E-state index in [-0.39, 0.29) is 35.8 Å². The molecule has 1 fully saturated rings. The average Bonchev–Trinajstić information content (AvgIpc) is 3.08. The van der Waals surface area contributed by atoms with E-state index >= 15 is 0 Å². The van der Waals surface area contributed by atoms with Crippen molar-refractivity contribution in [1.82, 2.24) is 19.9 Å². The van der Waals surface area contributed by atoms with E-state index < -0.39 is 10.0 Å². The highest BCUT2D eigenvalue weighted by atomic mass is 127. The van der Waals surface area contributed by atoms with Gasteiger partial charge in [0.15, 0.2) is 5.96 Å². The number of aromatic nitrogens is 1. The third-order valence-electron chi connectivity index (χ3n) is 4.32. The highest BCUT2D eigenvalue weighted by Gasteiger charge is 2.27. The molecule has 1 saturated heterocycles. The number of rotatable bonds is 8. The van der Waals surface area contributed by atoms with Gasteiger partial charge in [0.25, 0.3) is 0 Å². The Morgan fingerprint density at radius 1 is 1.33 bits per heavy atom. The van der Waals surface area contributed by atoms with Gasteiger partial charge < -0.3 is 10.6 Å². The summed E-state index contributed by atoms with van der Waals surface area (Å²) in [5, 5.41) is 7.73. The summed E-state index contributed by atoms with van der Waals surface area (Å²) in [5.74, 6) is 1.01. The molecule has 1 aromatic heterocycles. The molecule has 0 atom stereocenters. The molecule has 0 amide bonds. The van der Waals surface area contributed by atoms with Crippen molar-refractivity contribution in [1.29, 1.82) is 0 Å². The molecule has 0 bridgehead atoms. The molecule has 0 spiro atoms. The molecular weight excluding hydrogens is 497 g/mol. The Morgan fingerprint density at radius 2 is 2.04 bits per heavy atom. The SMILES string of the molecule is CCCS(=O)(=O)N1CCC(NC(=NCc2ncc(CC)s2)NCC)CC1.I. The Labute approximate surface area is 184 Å². The lowest BCUT2D eigenvalue weighted by Crippen LogP contribution is -2.50. The fourth-order valence-corrected chi connectivity index (χ4v) is 5.24. The second-order valence-electron chi connectivity index (χ2n) is 6.40. The van der Waals surface area contributed by atoms with Crippen molar-refractivity contribution in [2.45, 2.75) is 59.0 Å². The van der Waals surface area contributed by atoms with Gasteiger partial charge in [-0.2, -0.15) is 0 Å². The van der Waals surface area contributed by atoms with Crippen LogP contribution in [0.15, 0.2) is 11.2 Å². The maximum absolute atomic E-state index is 12.2. The van der Waals surface area contributed by atoms with Crippen LogP contribution < -0.4 is 10.6 Å². The van der Waals surface area contributed by atoms with Crippen LogP contribution in [0.5, 0.6) is 0 Å². The Kier molecular flexibility index (Phi) is 11.1. The molecule has 156 valence electrons. The topological polar surface area (TPSA) is 86.7 Å². The van der Waals surface area contributed by atoms with Crippen LogP contribution in [0.4, 0.5) is 0 Å². The van der Waals surface area contributed by atoms with E-state index in [2.05, 4.69) is 27.5 Å². The average molecular weight is 530 g/mol. The summed E-state index contributed by atoms with van der Waals surface area (Å²) in [5.41, 5.74) is 0. The molecule has 0 radical (unpaired) electrons. The zero-order chi connectivity index (χ0) is 19.0. The number of hydrogen-bond acceptors (Lipinski definition) is 5. The Hall–Kier alpha value is -0.460. The van der Waals surface area contributed by atoms with E-state index in [1.807, 2.05) is 20.0 Å². The number of halogens is 1. The highest BCUT2D eigenvalue weighted by molar-refractivity contribution is 14.0. The lowest BCUT2D eigenvalue weighted by Gasteiger charge is -2.32. The standard InChI is InChI=1S/C17H31N5O2S2.HI/c1-4-11-26(23,24)22-9-7-14(8-10-22)21-17(18-6-3)20-13-16-19-12-15(5-2)25-16;/h12,14H,4-11,13H2,1-3H3,(H2,18,20,21);1H. The number of guanidine groups is 1. The molecule has 1 aliphatic rings. The van der Waals surface area contributed by atoms with Crippen LogP contribution in [-0.4, -0.2) is 55.1 Å². The summed E-state index contributed by atoms with van der Waals surface area (Å²) in [6.07, 6.45) is 5.17. The number of nitrogens with one attached hydrogen (secondary N) is 2. The Bertz CT molecular complexity index is 685. The summed E-state index contributed by atoms with van der Waals surface area (Å²) < 4.78 is 26.0. The summed E-state index contributed by atoms with van der Waals surface area (Å²) in [6, 6.07) is 0.239. The zero-order valence-electron chi connectivity index (χ0n) is 16.4. The van der Waals surface area contributed by atoms with Gasteiger partial charge in [-0.1, -0.05) is 13.8 Å². The first-order valence-electron chi connectivity index (χ1n) is 9.44. The number of aryl methyl sites for hydroxylation is 1. The van der Waals surface area contributed by atoms with Crippen molar-refractivity contribution in [3.63, 3.8) is 0 Å². The molecule has 1 aromatic rings. The summed E-state index contributed by atoms with van der Waals surface area (Å²) in [6.45, 7) is 8.56. The van der Waals surface area contributed by atoms with Crippen LogP contribution in [0.2, 0.25) is 0 Å². The predicted octanol–water partition coefficient (Wildman–Crippen LogP) is 2.58. The zero-order valence-corrected chi connectivity index (χ0v) is 20.4. The number of aliphatic imine (C=N–C) groups is 1. The lowest BCUT2D eigenvalue weighted by atomic mass is 10.1. The molecule has 1 aliphatic heterocycles. The maximum atomic E-state index is 12.2. The molecule has 2 rings (SSSR count). The van der Waals surface area contributed by atoms with Gasteiger partial charge >= 0.3 is 0 Å². The van der Waals surface area contributed by atoms with Gasteiger partial charge in [-0.15, -0.1) is 35.3 Å². The molecular formula is C17H32IN5O2S2. The fraction of sp³-hybridized carbons (Fsp3) is 0.765. The number of piperidine rings is 1. The fourth-order valence-electron chi connectivity index (χ4n) is 2.91. The largest absolute Gasteiger partial charge is 0.357 e. The molecule has 27 heavy (non-hydrogen) atoms. The van der Waals surface area contributed by atoms with E-state index in [0.717, 1.165) is 36.8 Å². The molecule has 7 nitrogen and oxygen atoms in total. The van der Waals surface area contributed by atoms with E-state index in [9.17, 15) is 8.42 Å². The summed E-state index contributed by atoms with van der Waals surface area (Å²) in [4.78, 5) is 10.3. The van der Waals surface area contributed by atoms with Gasteiger partial charge in [0.1, 0.15) is 5.01 Å².